The maximum atomic E-state index is 13.3. The van der Waals surface area contributed by atoms with E-state index in [1.54, 1.807) is 30.3 Å². The summed E-state index contributed by atoms with van der Waals surface area (Å²) in [6, 6.07) is 16.9. The topological polar surface area (TPSA) is 73.6 Å². The average molecular weight is 448 g/mol. The number of fused-ring (bicyclic) bond motifs is 1. The number of rotatable bonds is 9. The van der Waals surface area contributed by atoms with Crippen LogP contribution in [0.2, 0.25) is 0 Å². The Bertz CT molecular complexity index is 1250. The van der Waals surface area contributed by atoms with Crippen molar-refractivity contribution in [1.82, 2.24) is 10.5 Å². The molecule has 0 unspecified atom stereocenters. The molecule has 0 fully saturated rings. The summed E-state index contributed by atoms with van der Waals surface area (Å²) in [5, 5.41) is 7.69. The molecule has 0 spiro atoms. The first kappa shape index (κ1) is 22.3. The third-order valence-corrected chi connectivity index (χ3v) is 5.15. The lowest BCUT2D eigenvalue weighted by atomic mass is 10.1. The predicted molar refractivity (Wildman–Crippen MR) is 124 cm³/mol. The lowest BCUT2D eigenvalue weighted by Gasteiger charge is -2.12. The van der Waals surface area contributed by atoms with Gasteiger partial charge >= 0.3 is 0 Å². The molecule has 1 N–H and O–H groups in total. The molecule has 0 aliphatic heterocycles. The Labute approximate surface area is 191 Å². The number of nitrogens with zero attached hydrogens (tertiary/aromatic N) is 1. The Hall–Kier alpha value is -3.87. The molecule has 0 radical (unpaired) electrons. The highest BCUT2D eigenvalue weighted by atomic mass is 19.1. The van der Waals surface area contributed by atoms with Crippen molar-refractivity contribution in [3.8, 4) is 22.8 Å². The molecule has 7 heteroatoms. The SMILES string of the molecule is CCOc1ccc(CCNC(=O)c2ccc3noc(-c4ccc(F)cc4)c3c2)cc1OCC. The van der Waals surface area contributed by atoms with Gasteiger partial charge in [0.15, 0.2) is 17.3 Å². The highest BCUT2D eigenvalue weighted by molar-refractivity contribution is 6.00. The van der Waals surface area contributed by atoms with Crippen LogP contribution in [0.15, 0.2) is 65.2 Å². The molecule has 1 aromatic heterocycles. The van der Waals surface area contributed by atoms with Crippen molar-refractivity contribution < 1.29 is 23.2 Å². The van der Waals surface area contributed by atoms with Gasteiger partial charge in [-0.05, 0) is 80.4 Å². The van der Waals surface area contributed by atoms with E-state index in [4.69, 9.17) is 14.0 Å². The molecule has 0 bridgehead atoms. The standard InChI is InChI=1S/C26H25FN2O4/c1-3-31-23-12-5-17(15-24(23)32-4-2)13-14-28-26(30)19-8-11-22-21(16-19)25(33-29-22)18-6-9-20(27)10-7-18/h5-12,15-16H,3-4,13-14H2,1-2H3,(H,28,30). The molecule has 170 valence electrons. The fraction of sp³-hybridized carbons (Fsp3) is 0.231. The van der Waals surface area contributed by atoms with Gasteiger partial charge in [0.25, 0.3) is 5.91 Å². The molecule has 4 rings (SSSR count). The van der Waals surface area contributed by atoms with E-state index >= 15 is 0 Å². The van der Waals surface area contributed by atoms with Crippen LogP contribution in [0.25, 0.3) is 22.2 Å². The lowest BCUT2D eigenvalue weighted by molar-refractivity contribution is 0.0954. The minimum absolute atomic E-state index is 0.195. The maximum absolute atomic E-state index is 13.3. The predicted octanol–water partition coefficient (Wildman–Crippen LogP) is 5.40. The zero-order valence-corrected chi connectivity index (χ0v) is 18.6. The van der Waals surface area contributed by atoms with Crippen LogP contribution < -0.4 is 14.8 Å². The van der Waals surface area contributed by atoms with Crippen molar-refractivity contribution in [3.05, 3.63) is 77.6 Å². The first-order valence-corrected chi connectivity index (χ1v) is 10.9. The quantitative estimate of drug-likeness (QED) is 0.371. The molecule has 0 atom stereocenters. The zero-order valence-electron chi connectivity index (χ0n) is 18.6. The second kappa shape index (κ2) is 10.2. The second-order valence-corrected chi connectivity index (χ2v) is 7.40. The van der Waals surface area contributed by atoms with E-state index in [1.165, 1.54) is 12.1 Å². The highest BCUT2D eigenvalue weighted by Crippen LogP contribution is 2.30. The number of nitrogens with one attached hydrogen (secondary N) is 1. The summed E-state index contributed by atoms with van der Waals surface area (Å²) in [4.78, 5) is 12.7. The van der Waals surface area contributed by atoms with Crippen molar-refractivity contribution in [2.75, 3.05) is 19.8 Å². The number of hydrogen-bond acceptors (Lipinski definition) is 5. The molecular formula is C26H25FN2O4. The van der Waals surface area contributed by atoms with E-state index in [0.29, 0.717) is 65.5 Å². The van der Waals surface area contributed by atoms with Crippen molar-refractivity contribution in [2.24, 2.45) is 0 Å². The van der Waals surface area contributed by atoms with Gasteiger partial charge in [0.2, 0.25) is 0 Å². The van der Waals surface area contributed by atoms with Gasteiger partial charge in [-0.1, -0.05) is 11.2 Å². The summed E-state index contributed by atoms with van der Waals surface area (Å²) in [6.07, 6.45) is 0.647. The number of aromatic nitrogens is 1. The van der Waals surface area contributed by atoms with E-state index in [-0.39, 0.29) is 11.7 Å². The Morgan fingerprint density at radius 2 is 1.73 bits per heavy atom. The Morgan fingerprint density at radius 3 is 2.48 bits per heavy atom. The van der Waals surface area contributed by atoms with Crippen LogP contribution in [0.5, 0.6) is 11.5 Å². The number of hydrogen-bond donors (Lipinski definition) is 1. The third kappa shape index (κ3) is 5.14. The molecule has 6 nitrogen and oxygen atoms in total. The Kier molecular flexibility index (Phi) is 6.88. The number of benzene rings is 3. The minimum Gasteiger partial charge on any atom is -0.490 e. The first-order chi connectivity index (χ1) is 16.1. The van der Waals surface area contributed by atoms with Crippen LogP contribution in [0, 0.1) is 5.82 Å². The van der Waals surface area contributed by atoms with Crippen molar-refractivity contribution in [2.45, 2.75) is 20.3 Å². The third-order valence-electron chi connectivity index (χ3n) is 5.15. The van der Waals surface area contributed by atoms with Gasteiger partial charge in [-0.2, -0.15) is 0 Å². The number of amides is 1. The van der Waals surface area contributed by atoms with Crippen LogP contribution in [-0.2, 0) is 6.42 Å². The molecule has 0 aliphatic carbocycles. The molecule has 1 heterocycles. The van der Waals surface area contributed by atoms with Crippen LogP contribution >= 0.6 is 0 Å². The number of halogens is 1. The van der Waals surface area contributed by atoms with Gasteiger partial charge in [0.1, 0.15) is 11.3 Å². The number of carbonyl (C=O) groups excluding carboxylic acids is 1. The summed E-state index contributed by atoms with van der Waals surface area (Å²) < 4.78 is 30.0. The molecular weight excluding hydrogens is 423 g/mol. The number of ether oxygens (including phenoxy) is 2. The summed E-state index contributed by atoms with van der Waals surface area (Å²) in [5.41, 5.74) is 2.85. The summed E-state index contributed by atoms with van der Waals surface area (Å²) in [7, 11) is 0. The van der Waals surface area contributed by atoms with E-state index in [2.05, 4.69) is 10.5 Å². The van der Waals surface area contributed by atoms with Gasteiger partial charge in [0.05, 0.1) is 18.6 Å². The van der Waals surface area contributed by atoms with E-state index in [9.17, 15) is 9.18 Å². The minimum atomic E-state index is -0.330. The molecule has 33 heavy (non-hydrogen) atoms. The lowest BCUT2D eigenvalue weighted by Crippen LogP contribution is -2.25. The Morgan fingerprint density at radius 1 is 0.970 bits per heavy atom. The van der Waals surface area contributed by atoms with Crippen LogP contribution in [-0.4, -0.2) is 30.8 Å². The van der Waals surface area contributed by atoms with Gasteiger partial charge in [-0.15, -0.1) is 0 Å². The van der Waals surface area contributed by atoms with Crippen LogP contribution in [0.4, 0.5) is 4.39 Å². The normalized spacial score (nSPS) is 10.9. The van der Waals surface area contributed by atoms with Crippen LogP contribution in [0.3, 0.4) is 0 Å². The summed E-state index contributed by atoms with van der Waals surface area (Å²) >= 11 is 0. The van der Waals surface area contributed by atoms with Crippen LogP contribution in [0.1, 0.15) is 29.8 Å². The first-order valence-electron chi connectivity index (χ1n) is 10.9. The van der Waals surface area contributed by atoms with Crippen molar-refractivity contribution in [1.29, 1.82) is 0 Å². The summed E-state index contributed by atoms with van der Waals surface area (Å²) in [5.74, 6) is 1.39. The number of carbonyl (C=O) groups is 1. The molecule has 4 aromatic rings. The van der Waals surface area contributed by atoms with Gasteiger partial charge in [-0.25, -0.2) is 4.39 Å². The van der Waals surface area contributed by atoms with E-state index in [0.717, 1.165) is 5.56 Å². The second-order valence-electron chi connectivity index (χ2n) is 7.40. The average Bonchev–Trinajstić information content (AvgIpc) is 3.25. The van der Waals surface area contributed by atoms with Gasteiger partial charge in [0, 0.05) is 17.7 Å². The molecule has 3 aromatic carbocycles. The van der Waals surface area contributed by atoms with E-state index in [1.807, 2.05) is 32.0 Å². The van der Waals surface area contributed by atoms with Gasteiger partial charge < -0.3 is 19.3 Å². The highest BCUT2D eigenvalue weighted by Gasteiger charge is 2.14. The van der Waals surface area contributed by atoms with Crippen molar-refractivity contribution >= 4 is 16.8 Å². The fourth-order valence-electron chi connectivity index (χ4n) is 3.57. The molecule has 0 aliphatic rings. The molecule has 1 amide bonds. The summed E-state index contributed by atoms with van der Waals surface area (Å²) in [6.45, 7) is 5.43. The molecule has 0 saturated carbocycles. The molecule has 0 saturated heterocycles. The Balaban J connectivity index is 1.44. The smallest absolute Gasteiger partial charge is 0.251 e. The fourth-order valence-corrected chi connectivity index (χ4v) is 3.57. The van der Waals surface area contributed by atoms with E-state index < -0.39 is 0 Å². The maximum Gasteiger partial charge on any atom is 0.251 e. The monoisotopic (exact) mass is 448 g/mol. The largest absolute Gasteiger partial charge is 0.490 e. The van der Waals surface area contributed by atoms with Crippen molar-refractivity contribution in [3.63, 3.8) is 0 Å². The zero-order chi connectivity index (χ0) is 23.2. The van der Waals surface area contributed by atoms with Gasteiger partial charge in [-0.3, -0.25) is 4.79 Å².